The molecule has 0 bridgehead atoms. The fraction of sp³-hybridized carbons (Fsp3) is 0.333. The highest BCUT2D eigenvalue weighted by Gasteiger charge is 1.63. The first-order valence-electron chi connectivity index (χ1n) is 4.40. The SMILES string of the molecule is CN.CN.[B][B][B]C.c1ccccc1. The quantitative estimate of drug-likeness (QED) is 0.621. The number of hydrogen-bond donors (Lipinski definition) is 2. The van der Waals surface area contributed by atoms with Crippen LogP contribution in [-0.4, -0.2) is 36.1 Å². The Kier molecular flexibility index (Phi) is 40.0. The minimum Gasteiger partial charge on any atom is -0.333 e. The van der Waals surface area contributed by atoms with E-state index in [1.54, 1.807) is 7.17 Å². The first kappa shape index (κ1) is 19.0. The predicted octanol–water partition coefficient (Wildman–Crippen LogP) is 0.278. The topological polar surface area (TPSA) is 52.0 Å². The molecule has 0 spiro atoms. The van der Waals surface area contributed by atoms with Gasteiger partial charge in [0.25, 0.3) is 0 Å². The van der Waals surface area contributed by atoms with E-state index in [1.807, 2.05) is 43.2 Å². The Bertz CT molecular complexity index is 110. The zero-order valence-electron chi connectivity index (χ0n) is 9.35. The van der Waals surface area contributed by atoms with E-state index < -0.39 is 0 Å². The van der Waals surface area contributed by atoms with Crippen LogP contribution in [0.25, 0.3) is 0 Å². The van der Waals surface area contributed by atoms with E-state index in [9.17, 15) is 0 Å². The van der Waals surface area contributed by atoms with Crippen molar-refractivity contribution in [1.82, 2.24) is 0 Å². The molecular formula is C9H19B3N2. The van der Waals surface area contributed by atoms with Gasteiger partial charge in [-0.1, -0.05) is 36.4 Å². The molecule has 1 aromatic carbocycles. The highest BCUT2D eigenvalue weighted by molar-refractivity contribution is 7.23. The van der Waals surface area contributed by atoms with Crippen molar-refractivity contribution in [3.05, 3.63) is 36.4 Å². The lowest BCUT2D eigenvalue weighted by atomic mass is 9.29. The first-order valence-corrected chi connectivity index (χ1v) is 4.40. The van der Waals surface area contributed by atoms with E-state index >= 15 is 0 Å². The molecule has 0 saturated heterocycles. The van der Waals surface area contributed by atoms with E-state index in [2.05, 4.69) is 11.5 Å². The lowest BCUT2D eigenvalue weighted by molar-refractivity contribution is 1.48. The number of benzene rings is 1. The Labute approximate surface area is 91.3 Å². The summed E-state index contributed by atoms with van der Waals surface area (Å²) >= 11 is 0. The Morgan fingerprint density at radius 3 is 1.00 bits per heavy atom. The maximum absolute atomic E-state index is 4.85. The van der Waals surface area contributed by atoms with Gasteiger partial charge in [0, 0.05) is 14.8 Å². The minimum atomic E-state index is 1.50. The van der Waals surface area contributed by atoms with E-state index in [0.717, 1.165) is 0 Å². The van der Waals surface area contributed by atoms with E-state index in [0.29, 0.717) is 0 Å². The fourth-order valence-electron chi connectivity index (χ4n) is 0.385. The van der Waals surface area contributed by atoms with Crippen LogP contribution in [0, 0.1) is 0 Å². The Hall–Kier alpha value is -0.665. The summed E-state index contributed by atoms with van der Waals surface area (Å²) in [6.45, 7) is 1.88. The van der Waals surface area contributed by atoms with Crippen molar-refractivity contribution in [3.8, 4) is 0 Å². The molecule has 0 aromatic heterocycles. The zero-order valence-corrected chi connectivity index (χ0v) is 9.35. The van der Waals surface area contributed by atoms with Gasteiger partial charge < -0.3 is 11.5 Å². The molecule has 74 valence electrons. The van der Waals surface area contributed by atoms with Crippen molar-refractivity contribution in [3.63, 3.8) is 0 Å². The van der Waals surface area contributed by atoms with Gasteiger partial charge in [-0.05, 0) is 14.1 Å². The Morgan fingerprint density at radius 2 is 0.929 bits per heavy atom. The van der Waals surface area contributed by atoms with Crippen molar-refractivity contribution in [2.45, 2.75) is 6.82 Å². The third-order valence-corrected chi connectivity index (χ3v) is 0.859. The number of nitrogens with two attached hydrogens (primary N) is 2. The molecule has 0 amide bonds. The van der Waals surface area contributed by atoms with Crippen LogP contribution in [0.2, 0.25) is 6.82 Å². The normalized spacial score (nSPS) is 5.79. The van der Waals surface area contributed by atoms with Crippen LogP contribution < -0.4 is 11.5 Å². The smallest absolute Gasteiger partial charge is 0.0502 e. The standard InChI is InChI=1S/C6H6.CH3B3.2CH5N/c1-2-4-6-5-3-1;1-3-4-2;2*1-2/h1-6H;1H3;2*2H2,1H3. The van der Waals surface area contributed by atoms with Gasteiger partial charge in [-0.25, -0.2) is 0 Å². The van der Waals surface area contributed by atoms with E-state index in [4.69, 9.17) is 7.74 Å². The summed E-state index contributed by atoms with van der Waals surface area (Å²) in [6.07, 6.45) is 0. The molecule has 0 heterocycles. The van der Waals surface area contributed by atoms with Gasteiger partial charge in [-0.15, -0.1) is 6.82 Å². The fourth-order valence-corrected chi connectivity index (χ4v) is 0.385. The summed E-state index contributed by atoms with van der Waals surface area (Å²) in [7, 11) is 11.1. The summed E-state index contributed by atoms with van der Waals surface area (Å²) in [5.74, 6) is 0. The van der Waals surface area contributed by atoms with Crippen molar-refractivity contribution in [2.24, 2.45) is 11.5 Å². The average molecular weight is 188 g/mol. The lowest BCUT2D eigenvalue weighted by Gasteiger charge is -1.69. The summed E-state index contributed by atoms with van der Waals surface area (Å²) in [5, 5.41) is 0. The van der Waals surface area contributed by atoms with Gasteiger partial charge in [0.2, 0.25) is 0 Å². The molecule has 4 N–H and O–H groups in total. The number of hydrogen-bond acceptors (Lipinski definition) is 2. The molecule has 14 heavy (non-hydrogen) atoms. The zero-order chi connectivity index (χ0) is 11.7. The van der Waals surface area contributed by atoms with Crippen LogP contribution in [-0.2, 0) is 0 Å². The molecule has 0 aliphatic heterocycles. The second kappa shape index (κ2) is 29.5. The molecule has 2 nitrogen and oxygen atoms in total. The van der Waals surface area contributed by atoms with Crippen molar-refractivity contribution < 1.29 is 0 Å². The van der Waals surface area contributed by atoms with Crippen LogP contribution in [0.5, 0.6) is 0 Å². The highest BCUT2D eigenvalue weighted by Crippen LogP contribution is 1.79. The molecule has 1 rings (SSSR count). The second-order valence-electron chi connectivity index (χ2n) is 1.68. The molecule has 0 aliphatic rings. The van der Waals surface area contributed by atoms with Gasteiger partial charge in [-0.2, -0.15) is 0 Å². The third-order valence-electron chi connectivity index (χ3n) is 0.859. The minimum absolute atomic E-state index is 1.50. The highest BCUT2D eigenvalue weighted by atomic mass is 14.4. The van der Waals surface area contributed by atoms with Crippen LogP contribution in [0.15, 0.2) is 36.4 Å². The molecule has 1 aromatic rings. The van der Waals surface area contributed by atoms with Gasteiger partial charge >= 0.3 is 0 Å². The van der Waals surface area contributed by atoms with Crippen LogP contribution in [0.3, 0.4) is 0 Å². The van der Waals surface area contributed by atoms with Gasteiger partial charge in [0.05, 0.1) is 7.17 Å². The van der Waals surface area contributed by atoms with Crippen LogP contribution >= 0.6 is 0 Å². The van der Waals surface area contributed by atoms with Gasteiger partial charge in [0.15, 0.2) is 0 Å². The number of rotatable bonds is 1. The van der Waals surface area contributed by atoms with Gasteiger partial charge in [0.1, 0.15) is 0 Å². The van der Waals surface area contributed by atoms with Gasteiger partial charge in [-0.3, -0.25) is 0 Å². The molecule has 0 aliphatic carbocycles. The monoisotopic (exact) mass is 188 g/mol. The molecule has 0 fully saturated rings. The molecule has 0 atom stereocenters. The van der Waals surface area contributed by atoms with E-state index in [-0.39, 0.29) is 0 Å². The lowest BCUT2D eigenvalue weighted by Crippen LogP contribution is -1.94. The summed E-state index contributed by atoms with van der Waals surface area (Å²) in [4.78, 5) is 0. The Morgan fingerprint density at radius 1 is 0.786 bits per heavy atom. The summed E-state index contributed by atoms with van der Waals surface area (Å²) < 4.78 is 0. The summed E-state index contributed by atoms with van der Waals surface area (Å²) in [6, 6.07) is 12.0. The molecule has 0 saturated carbocycles. The largest absolute Gasteiger partial charge is 0.333 e. The molecule has 0 unspecified atom stereocenters. The molecular weight excluding hydrogens is 169 g/mol. The van der Waals surface area contributed by atoms with E-state index in [1.165, 1.54) is 21.2 Å². The predicted molar refractivity (Wildman–Crippen MR) is 69.8 cm³/mol. The first-order chi connectivity index (χ1) is 6.91. The molecule has 5 heteroatoms. The van der Waals surface area contributed by atoms with Crippen LogP contribution in [0.4, 0.5) is 0 Å². The van der Waals surface area contributed by atoms with Crippen molar-refractivity contribution in [1.29, 1.82) is 0 Å². The van der Waals surface area contributed by atoms with Crippen LogP contribution in [0.1, 0.15) is 0 Å². The second-order valence-corrected chi connectivity index (χ2v) is 1.68. The summed E-state index contributed by atoms with van der Waals surface area (Å²) in [5.41, 5.74) is 9.00. The third kappa shape index (κ3) is 30.2. The average Bonchev–Trinajstić information content (AvgIpc) is 2.36. The van der Waals surface area contributed by atoms with Crippen molar-refractivity contribution >= 4 is 22.0 Å². The maximum atomic E-state index is 4.85. The van der Waals surface area contributed by atoms with Crippen molar-refractivity contribution in [2.75, 3.05) is 14.1 Å². The molecule has 4 radical (unpaired) electrons. The Balaban J connectivity index is -0.000000134. The maximum Gasteiger partial charge on any atom is 0.0502 e.